The van der Waals surface area contributed by atoms with Crippen molar-refractivity contribution in [1.29, 1.82) is 0 Å². The number of ether oxygens (including phenoxy) is 2. The molecular formula is C33H47ClN4O7. The molecule has 0 radical (unpaired) electrons. The number of nitrogens with one attached hydrogen (secondary N) is 3. The quantitative estimate of drug-likeness (QED) is 0.192. The Morgan fingerprint density at radius 1 is 0.889 bits per heavy atom. The van der Waals surface area contributed by atoms with Gasteiger partial charge in [-0.2, -0.15) is 0 Å². The number of benzene rings is 2. The second-order valence-corrected chi connectivity index (χ2v) is 11.0. The molecular weight excluding hydrogens is 600 g/mol. The van der Waals surface area contributed by atoms with Gasteiger partial charge in [0.05, 0.1) is 32.8 Å². The van der Waals surface area contributed by atoms with E-state index in [4.69, 9.17) is 4.74 Å². The van der Waals surface area contributed by atoms with Crippen LogP contribution < -0.4 is 20.7 Å². The van der Waals surface area contributed by atoms with E-state index >= 15 is 0 Å². The molecule has 4 N–H and O–H groups in total. The summed E-state index contributed by atoms with van der Waals surface area (Å²) in [5, 5.41) is 20.1. The smallest absolute Gasteiger partial charge is 0.306 e. The number of methoxy groups -OCH3 is 2. The predicted molar refractivity (Wildman–Crippen MR) is 173 cm³/mol. The third-order valence-corrected chi connectivity index (χ3v) is 7.70. The summed E-state index contributed by atoms with van der Waals surface area (Å²) in [6.07, 6.45) is 2.27. The van der Waals surface area contributed by atoms with Crippen molar-refractivity contribution in [2.45, 2.75) is 76.1 Å². The fraction of sp³-hybridized carbons (Fsp3) is 0.515. The number of halogens is 1. The van der Waals surface area contributed by atoms with Gasteiger partial charge in [-0.25, -0.2) is 0 Å². The van der Waals surface area contributed by atoms with Crippen LogP contribution in [0.5, 0.6) is 5.75 Å². The molecule has 3 amide bonds. The highest BCUT2D eigenvalue weighted by Crippen LogP contribution is 2.14. The Bertz CT molecular complexity index is 1210. The summed E-state index contributed by atoms with van der Waals surface area (Å²) < 4.78 is 9.90. The maximum Gasteiger partial charge on any atom is 0.306 e. The molecule has 3 atom stereocenters. The van der Waals surface area contributed by atoms with E-state index in [2.05, 4.69) is 20.7 Å². The Labute approximate surface area is 271 Å². The van der Waals surface area contributed by atoms with Gasteiger partial charge in [0, 0.05) is 39.0 Å². The molecule has 3 rings (SSSR count). The minimum absolute atomic E-state index is 0. The van der Waals surface area contributed by atoms with Crippen LogP contribution in [0.1, 0.15) is 56.1 Å². The van der Waals surface area contributed by atoms with Gasteiger partial charge in [-0.05, 0) is 55.4 Å². The molecule has 1 saturated heterocycles. The zero-order valence-electron chi connectivity index (χ0n) is 26.2. The van der Waals surface area contributed by atoms with Crippen molar-refractivity contribution in [3.8, 4) is 5.75 Å². The van der Waals surface area contributed by atoms with Gasteiger partial charge in [-0.15, -0.1) is 12.4 Å². The van der Waals surface area contributed by atoms with Crippen LogP contribution in [0.15, 0.2) is 54.6 Å². The van der Waals surface area contributed by atoms with E-state index in [1.54, 1.807) is 12.0 Å². The zero-order chi connectivity index (χ0) is 31.7. The Morgan fingerprint density at radius 3 is 2.29 bits per heavy atom. The SMILES string of the molecule is COC(=O)CCC(=O)N[C@H](CCC(=O)N1CCCCC1)C(=O)N[C@@H](Cc1ccccc1)[C@@H](O)CNCc1cccc(OC)c1.Cl. The van der Waals surface area contributed by atoms with Crippen molar-refractivity contribution in [3.05, 3.63) is 65.7 Å². The molecule has 1 heterocycles. The van der Waals surface area contributed by atoms with E-state index in [1.165, 1.54) is 7.11 Å². The maximum absolute atomic E-state index is 13.6. The van der Waals surface area contributed by atoms with Gasteiger partial charge in [0.2, 0.25) is 17.7 Å². The topological polar surface area (TPSA) is 146 Å². The fourth-order valence-corrected chi connectivity index (χ4v) is 5.15. The number of hydrogen-bond donors (Lipinski definition) is 4. The van der Waals surface area contributed by atoms with Gasteiger partial charge in [-0.1, -0.05) is 42.5 Å². The van der Waals surface area contributed by atoms with Gasteiger partial charge >= 0.3 is 5.97 Å². The summed E-state index contributed by atoms with van der Waals surface area (Å²) in [6, 6.07) is 15.4. The van der Waals surface area contributed by atoms with E-state index in [-0.39, 0.29) is 50.5 Å². The van der Waals surface area contributed by atoms with Crippen LogP contribution in [0.3, 0.4) is 0 Å². The predicted octanol–water partition coefficient (Wildman–Crippen LogP) is 2.53. The fourth-order valence-electron chi connectivity index (χ4n) is 5.15. The van der Waals surface area contributed by atoms with E-state index < -0.39 is 36.0 Å². The monoisotopic (exact) mass is 646 g/mol. The van der Waals surface area contributed by atoms with Gasteiger partial charge in [0.25, 0.3) is 0 Å². The number of amides is 3. The minimum Gasteiger partial charge on any atom is -0.497 e. The number of carbonyl (C=O) groups excluding carboxylic acids is 4. The van der Waals surface area contributed by atoms with Crippen LogP contribution in [0.4, 0.5) is 0 Å². The molecule has 0 aliphatic carbocycles. The summed E-state index contributed by atoms with van der Waals surface area (Å²) >= 11 is 0. The molecule has 1 fully saturated rings. The highest BCUT2D eigenvalue weighted by molar-refractivity contribution is 5.89. The first-order valence-electron chi connectivity index (χ1n) is 15.3. The maximum atomic E-state index is 13.6. The molecule has 1 aliphatic rings. The largest absolute Gasteiger partial charge is 0.497 e. The summed E-state index contributed by atoms with van der Waals surface area (Å²) in [6.45, 7) is 2.06. The Balaban J connectivity index is 0.00000705. The van der Waals surface area contributed by atoms with Crippen LogP contribution in [-0.2, 0) is 36.9 Å². The van der Waals surface area contributed by atoms with Gasteiger partial charge in [0.1, 0.15) is 11.8 Å². The lowest BCUT2D eigenvalue weighted by molar-refractivity contribution is -0.142. The molecule has 2 aromatic rings. The lowest BCUT2D eigenvalue weighted by Crippen LogP contribution is -2.55. The number of nitrogens with zero attached hydrogens (tertiary/aromatic N) is 1. The third kappa shape index (κ3) is 13.5. The number of aliphatic hydroxyl groups is 1. The number of rotatable bonds is 17. The molecule has 0 spiro atoms. The van der Waals surface area contributed by atoms with E-state index in [1.807, 2.05) is 54.6 Å². The van der Waals surface area contributed by atoms with Crippen molar-refractivity contribution in [3.63, 3.8) is 0 Å². The van der Waals surface area contributed by atoms with Crippen LogP contribution >= 0.6 is 12.4 Å². The van der Waals surface area contributed by atoms with Crippen molar-refractivity contribution in [2.24, 2.45) is 0 Å². The first-order chi connectivity index (χ1) is 21.3. The molecule has 0 bridgehead atoms. The summed E-state index contributed by atoms with van der Waals surface area (Å²) in [4.78, 5) is 52.6. The molecule has 2 aromatic carbocycles. The van der Waals surface area contributed by atoms with Gasteiger partial charge in [0.15, 0.2) is 0 Å². The first-order valence-corrected chi connectivity index (χ1v) is 15.3. The van der Waals surface area contributed by atoms with Crippen LogP contribution in [0, 0.1) is 0 Å². The van der Waals surface area contributed by atoms with Crippen molar-refractivity contribution < 1.29 is 33.8 Å². The Morgan fingerprint density at radius 2 is 1.60 bits per heavy atom. The summed E-state index contributed by atoms with van der Waals surface area (Å²) in [7, 11) is 2.85. The summed E-state index contributed by atoms with van der Waals surface area (Å²) in [5.41, 5.74) is 1.90. The molecule has 0 aromatic heterocycles. The second kappa shape index (κ2) is 20.4. The number of carbonyl (C=O) groups is 4. The second-order valence-electron chi connectivity index (χ2n) is 11.0. The van der Waals surface area contributed by atoms with Gasteiger partial charge < -0.3 is 35.4 Å². The number of likely N-dealkylation sites (tertiary alicyclic amines) is 1. The highest BCUT2D eigenvalue weighted by atomic mass is 35.5. The molecule has 1 aliphatic heterocycles. The lowest BCUT2D eigenvalue weighted by atomic mass is 9.99. The molecule has 11 nitrogen and oxygen atoms in total. The van der Waals surface area contributed by atoms with Crippen molar-refractivity contribution in [2.75, 3.05) is 33.9 Å². The Kier molecular flexibility index (Phi) is 17.0. The molecule has 0 saturated carbocycles. The van der Waals surface area contributed by atoms with Gasteiger partial charge in [-0.3, -0.25) is 19.2 Å². The Hall–Kier alpha value is -3.67. The molecule has 45 heavy (non-hydrogen) atoms. The summed E-state index contributed by atoms with van der Waals surface area (Å²) in [5.74, 6) is -0.864. The van der Waals surface area contributed by atoms with E-state index in [0.717, 1.165) is 36.1 Å². The minimum atomic E-state index is -1.02. The first kappa shape index (κ1) is 37.5. The average molecular weight is 647 g/mol. The van der Waals surface area contributed by atoms with Crippen LogP contribution in [0.25, 0.3) is 0 Å². The number of aliphatic hydroxyl groups excluding tert-OH is 1. The standard InChI is InChI=1S/C33H46N4O7.ClH/c1-43-26-13-9-12-25(20-26)22-34-23-29(38)28(21-24-10-5-3-6-11-24)36-33(42)27(35-30(39)15-17-32(41)44-2)14-16-31(40)37-18-7-4-8-19-37;/h3,5-6,9-13,20,27-29,34,38H,4,7-8,14-19,21-23H2,1-2H3,(H,35,39)(H,36,42);1H/t27-,28+,29+;/m1./s1. The third-order valence-electron chi connectivity index (χ3n) is 7.70. The lowest BCUT2D eigenvalue weighted by Gasteiger charge is -2.29. The van der Waals surface area contributed by atoms with E-state index in [9.17, 15) is 24.3 Å². The molecule has 12 heteroatoms. The number of piperidine rings is 1. The normalized spacial score (nSPS) is 14.7. The van der Waals surface area contributed by atoms with Crippen molar-refractivity contribution >= 4 is 36.1 Å². The zero-order valence-corrected chi connectivity index (χ0v) is 27.0. The molecule has 0 unspecified atom stereocenters. The van der Waals surface area contributed by atoms with Crippen LogP contribution in [-0.4, -0.2) is 85.7 Å². The average Bonchev–Trinajstić information content (AvgIpc) is 3.05. The highest BCUT2D eigenvalue weighted by Gasteiger charge is 2.28. The molecule has 248 valence electrons. The number of esters is 1. The van der Waals surface area contributed by atoms with E-state index in [0.29, 0.717) is 26.1 Å². The van der Waals surface area contributed by atoms with Crippen LogP contribution in [0.2, 0.25) is 0 Å². The van der Waals surface area contributed by atoms with Crippen molar-refractivity contribution in [1.82, 2.24) is 20.9 Å². The number of hydrogen-bond acceptors (Lipinski definition) is 8.